The molecule has 0 spiro atoms. The highest BCUT2D eigenvalue weighted by Gasteiger charge is 2.34. The first-order chi connectivity index (χ1) is 6.08. The van der Waals surface area contributed by atoms with Gasteiger partial charge in [0.05, 0.1) is 0 Å². The van der Waals surface area contributed by atoms with Gasteiger partial charge in [-0.2, -0.15) is 0 Å². The van der Waals surface area contributed by atoms with Crippen molar-refractivity contribution in [2.24, 2.45) is 5.92 Å². The van der Waals surface area contributed by atoms with Crippen LogP contribution < -0.4 is 5.32 Å². The fraction of sp³-hybridized carbons (Fsp3) is 1.00. The summed E-state index contributed by atoms with van der Waals surface area (Å²) in [5.41, 5.74) is 0.230. The van der Waals surface area contributed by atoms with Crippen LogP contribution in [0.5, 0.6) is 0 Å². The summed E-state index contributed by atoms with van der Waals surface area (Å²) >= 11 is 6.08. The summed E-state index contributed by atoms with van der Waals surface area (Å²) in [7, 11) is 0. The number of hydrogen-bond donors (Lipinski definition) is 1. The smallest absolute Gasteiger partial charge is 0.0406 e. The van der Waals surface area contributed by atoms with Gasteiger partial charge in [0, 0.05) is 17.5 Å². The molecule has 0 aromatic rings. The second kappa shape index (κ2) is 4.65. The van der Waals surface area contributed by atoms with Crippen molar-refractivity contribution in [1.82, 2.24) is 5.32 Å². The van der Waals surface area contributed by atoms with Crippen LogP contribution in [-0.2, 0) is 0 Å². The summed E-state index contributed by atoms with van der Waals surface area (Å²) in [6, 6.07) is 0.545. The maximum atomic E-state index is 6.08. The Morgan fingerprint density at radius 2 is 2.23 bits per heavy atom. The zero-order valence-electron chi connectivity index (χ0n) is 9.07. The minimum Gasteiger partial charge on any atom is -0.308 e. The SMILES string of the molecule is CC1CCCC(CCl)(NC(C)C)C1. The van der Waals surface area contributed by atoms with Crippen LogP contribution in [0.3, 0.4) is 0 Å². The number of nitrogens with one attached hydrogen (secondary N) is 1. The molecule has 1 aliphatic rings. The Kier molecular flexibility index (Phi) is 4.06. The van der Waals surface area contributed by atoms with Gasteiger partial charge in [-0.1, -0.05) is 33.6 Å². The lowest BCUT2D eigenvalue weighted by molar-refractivity contribution is 0.197. The van der Waals surface area contributed by atoms with E-state index in [1.54, 1.807) is 0 Å². The van der Waals surface area contributed by atoms with Crippen molar-refractivity contribution in [2.45, 2.75) is 58.0 Å². The van der Waals surface area contributed by atoms with Gasteiger partial charge in [0.25, 0.3) is 0 Å². The van der Waals surface area contributed by atoms with E-state index in [1.807, 2.05) is 0 Å². The molecule has 1 rings (SSSR count). The van der Waals surface area contributed by atoms with Crippen LogP contribution in [0.15, 0.2) is 0 Å². The summed E-state index contributed by atoms with van der Waals surface area (Å²) in [6.45, 7) is 6.74. The fourth-order valence-electron chi connectivity index (χ4n) is 2.56. The summed E-state index contributed by atoms with van der Waals surface area (Å²) in [6.07, 6.45) is 5.19. The normalized spacial score (nSPS) is 35.3. The van der Waals surface area contributed by atoms with E-state index in [-0.39, 0.29) is 5.54 Å². The summed E-state index contributed by atoms with van der Waals surface area (Å²) in [5, 5.41) is 3.64. The Labute approximate surface area is 87.2 Å². The lowest BCUT2D eigenvalue weighted by atomic mass is 9.77. The molecule has 0 heterocycles. The number of halogens is 1. The molecular formula is C11H22ClN. The minimum atomic E-state index is 0.230. The molecule has 78 valence electrons. The lowest BCUT2D eigenvalue weighted by Crippen LogP contribution is -2.52. The van der Waals surface area contributed by atoms with Gasteiger partial charge in [-0.3, -0.25) is 0 Å². The third-order valence-electron chi connectivity index (χ3n) is 2.94. The number of rotatable bonds is 3. The van der Waals surface area contributed by atoms with Crippen molar-refractivity contribution in [3.8, 4) is 0 Å². The first-order valence-electron chi connectivity index (χ1n) is 5.42. The van der Waals surface area contributed by atoms with Gasteiger partial charge < -0.3 is 5.32 Å². The van der Waals surface area contributed by atoms with Crippen molar-refractivity contribution >= 4 is 11.6 Å². The van der Waals surface area contributed by atoms with Gasteiger partial charge >= 0.3 is 0 Å². The van der Waals surface area contributed by atoms with Crippen LogP contribution in [0.25, 0.3) is 0 Å². The minimum absolute atomic E-state index is 0.230. The molecular weight excluding hydrogens is 182 g/mol. The third-order valence-corrected chi connectivity index (χ3v) is 3.45. The molecule has 0 aromatic carbocycles. The van der Waals surface area contributed by atoms with Crippen molar-refractivity contribution in [1.29, 1.82) is 0 Å². The van der Waals surface area contributed by atoms with Crippen LogP contribution in [0.1, 0.15) is 46.5 Å². The second-order valence-electron chi connectivity index (χ2n) is 4.91. The molecule has 0 radical (unpaired) electrons. The molecule has 0 bridgehead atoms. The van der Waals surface area contributed by atoms with E-state index in [2.05, 4.69) is 26.1 Å². The van der Waals surface area contributed by atoms with Gasteiger partial charge in [-0.15, -0.1) is 11.6 Å². The molecule has 1 fully saturated rings. The Hall–Kier alpha value is 0.250. The molecule has 2 heteroatoms. The monoisotopic (exact) mass is 203 g/mol. The van der Waals surface area contributed by atoms with E-state index < -0.39 is 0 Å². The molecule has 0 aliphatic heterocycles. The number of hydrogen-bond acceptors (Lipinski definition) is 1. The molecule has 1 aliphatic carbocycles. The largest absolute Gasteiger partial charge is 0.308 e. The maximum Gasteiger partial charge on any atom is 0.0406 e. The molecule has 1 nitrogen and oxygen atoms in total. The topological polar surface area (TPSA) is 12.0 Å². The number of alkyl halides is 1. The molecule has 0 amide bonds. The van der Waals surface area contributed by atoms with E-state index in [9.17, 15) is 0 Å². The van der Waals surface area contributed by atoms with Crippen molar-refractivity contribution in [3.05, 3.63) is 0 Å². The first-order valence-corrected chi connectivity index (χ1v) is 5.95. The van der Waals surface area contributed by atoms with E-state index in [0.29, 0.717) is 6.04 Å². The van der Waals surface area contributed by atoms with Crippen LogP contribution in [-0.4, -0.2) is 17.5 Å². The molecule has 13 heavy (non-hydrogen) atoms. The van der Waals surface area contributed by atoms with Crippen molar-refractivity contribution in [3.63, 3.8) is 0 Å². The molecule has 1 saturated carbocycles. The highest BCUT2D eigenvalue weighted by molar-refractivity contribution is 6.18. The Balaban J connectivity index is 2.56. The van der Waals surface area contributed by atoms with Crippen LogP contribution in [0, 0.1) is 5.92 Å². The van der Waals surface area contributed by atoms with Crippen molar-refractivity contribution in [2.75, 3.05) is 5.88 Å². The average Bonchev–Trinajstić information content (AvgIpc) is 2.03. The van der Waals surface area contributed by atoms with E-state index in [4.69, 9.17) is 11.6 Å². The zero-order valence-corrected chi connectivity index (χ0v) is 9.82. The van der Waals surface area contributed by atoms with Gasteiger partial charge in [0.1, 0.15) is 0 Å². The molecule has 0 aromatic heterocycles. The Morgan fingerprint density at radius 1 is 1.54 bits per heavy atom. The fourth-order valence-corrected chi connectivity index (χ4v) is 2.88. The highest BCUT2D eigenvalue weighted by atomic mass is 35.5. The second-order valence-corrected chi connectivity index (χ2v) is 5.18. The highest BCUT2D eigenvalue weighted by Crippen LogP contribution is 2.33. The average molecular weight is 204 g/mol. The molecule has 1 N–H and O–H groups in total. The standard InChI is InChI=1S/C11H22ClN/c1-9(2)13-11(8-12)6-4-5-10(3)7-11/h9-10,13H,4-8H2,1-3H3. The third kappa shape index (κ3) is 3.14. The van der Waals surface area contributed by atoms with E-state index >= 15 is 0 Å². The first kappa shape index (κ1) is 11.3. The summed E-state index contributed by atoms with van der Waals surface area (Å²) in [5.74, 6) is 1.59. The molecule has 2 atom stereocenters. The van der Waals surface area contributed by atoms with Gasteiger partial charge in [-0.25, -0.2) is 0 Å². The summed E-state index contributed by atoms with van der Waals surface area (Å²) < 4.78 is 0. The quantitative estimate of drug-likeness (QED) is 0.695. The molecule has 0 saturated heterocycles. The van der Waals surface area contributed by atoms with Crippen LogP contribution in [0.2, 0.25) is 0 Å². The van der Waals surface area contributed by atoms with Crippen molar-refractivity contribution < 1.29 is 0 Å². The predicted molar refractivity (Wildman–Crippen MR) is 59.4 cm³/mol. The van der Waals surface area contributed by atoms with E-state index in [0.717, 1.165) is 11.8 Å². The molecule has 2 unspecified atom stereocenters. The summed E-state index contributed by atoms with van der Waals surface area (Å²) in [4.78, 5) is 0. The van der Waals surface area contributed by atoms with Gasteiger partial charge in [0.2, 0.25) is 0 Å². The van der Waals surface area contributed by atoms with Gasteiger partial charge in [-0.05, 0) is 18.8 Å². The van der Waals surface area contributed by atoms with Gasteiger partial charge in [0.15, 0.2) is 0 Å². The maximum absolute atomic E-state index is 6.08. The Morgan fingerprint density at radius 3 is 2.69 bits per heavy atom. The predicted octanol–water partition coefficient (Wildman–Crippen LogP) is 3.17. The van der Waals surface area contributed by atoms with Crippen LogP contribution in [0.4, 0.5) is 0 Å². The Bertz CT molecular complexity index is 154. The van der Waals surface area contributed by atoms with E-state index in [1.165, 1.54) is 25.7 Å². The zero-order chi connectivity index (χ0) is 9.90. The lowest BCUT2D eigenvalue weighted by Gasteiger charge is -2.41. The van der Waals surface area contributed by atoms with Crippen LogP contribution >= 0.6 is 11.6 Å².